The molecular weight excluding hydrogens is 859 g/mol. The molecule has 1 heterocycles. The fourth-order valence-electron chi connectivity index (χ4n) is 11.5. The van der Waals surface area contributed by atoms with E-state index in [1.165, 1.54) is 82.4 Å². The molecule has 0 saturated carbocycles. The van der Waals surface area contributed by atoms with Crippen LogP contribution >= 0.6 is 0 Å². The highest BCUT2D eigenvalue weighted by atomic mass is 15.0. The van der Waals surface area contributed by atoms with E-state index >= 15 is 0 Å². The quantitative estimate of drug-likeness (QED) is 0.143. The first-order valence-corrected chi connectivity index (χ1v) is 24.3. The average Bonchev–Trinajstić information content (AvgIpc) is 3.75. The van der Waals surface area contributed by atoms with Crippen molar-refractivity contribution in [2.24, 2.45) is 0 Å². The Labute approximate surface area is 412 Å². The smallest absolute Gasteiger partial charge is 0.164 e. The summed E-state index contributed by atoms with van der Waals surface area (Å²) >= 11 is 0. The van der Waals surface area contributed by atoms with Gasteiger partial charge in [0, 0.05) is 16.7 Å². The Morgan fingerprint density at radius 1 is 0.239 bits per heavy atom. The van der Waals surface area contributed by atoms with Gasteiger partial charge in [0.2, 0.25) is 0 Å². The Morgan fingerprint density at radius 2 is 0.634 bits per heavy atom. The van der Waals surface area contributed by atoms with Crippen molar-refractivity contribution < 1.29 is 0 Å². The molecule has 0 N–H and O–H groups in total. The van der Waals surface area contributed by atoms with E-state index in [0.717, 1.165) is 33.4 Å². The molecule has 71 heavy (non-hydrogen) atoms. The van der Waals surface area contributed by atoms with Gasteiger partial charge in [-0.05, 0) is 117 Å². The highest BCUT2D eigenvalue weighted by Crippen LogP contribution is 2.58. The number of rotatable bonds is 8. The number of benzene rings is 12. The normalized spacial score (nSPS) is 12.6. The van der Waals surface area contributed by atoms with Crippen LogP contribution in [0.3, 0.4) is 0 Å². The van der Waals surface area contributed by atoms with Crippen LogP contribution in [0, 0.1) is 0 Å². The highest BCUT2D eigenvalue weighted by molar-refractivity contribution is 6.25. The van der Waals surface area contributed by atoms with E-state index in [1.807, 2.05) is 24.3 Å². The maximum absolute atomic E-state index is 5.18. The van der Waals surface area contributed by atoms with Gasteiger partial charge in [-0.15, -0.1) is 0 Å². The van der Waals surface area contributed by atoms with Gasteiger partial charge in [0.1, 0.15) is 0 Å². The third-order valence-corrected chi connectivity index (χ3v) is 14.8. The predicted molar refractivity (Wildman–Crippen MR) is 293 cm³/mol. The van der Waals surface area contributed by atoms with Crippen molar-refractivity contribution in [3.63, 3.8) is 0 Å². The number of nitrogens with zero attached hydrogens (tertiary/aromatic N) is 3. The lowest BCUT2D eigenvalue weighted by Gasteiger charge is -2.34. The Balaban J connectivity index is 0.923. The van der Waals surface area contributed by atoms with Crippen LogP contribution in [0.25, 0.3) is 111 Å². The van der Waals surface area contributed by atoms with Gasteiger partial charge >= 0.3 is 0 Å². The SMILES string of the molecule is c1ccc(-c2ccc(-c3nc(-c4ccccc4)nc(-c4cccc(-c5ccc6c(c5)C(c5ccccc5)(c5ccccc5)c5cc(-c7ccc8ccc9cccc%10ccc7c8c9%10)ccc5-6)c4)n3)cc2)cc1. The average molecular weight is 902 g/mol. The zero-order chi connectivity index (χ0) is 46.9. The second-order valence-corrected chi connectivity index (χ2v) is 18.7. The van der Waals surface area contributed by atoms with Crippen molar-refractivity contribution in [2.75, 3.05) is 0 Å². The van der Waals surface area contributed by atoms with Crippen molar-refractivity contribution >= 4 is 32.3 Å². The third-order valence-electron chi connectivity index (χ3n) is 14.8. The van der Waals surface area contributed by atoms with E-state index in [0.29, 0.717) is 17.5 Å². The first-order valence-electron chi connectivity index (χ1n) is 24.3. The summed E-state index contributed by atoms with van der Waals surface area (Å²) in [6.07, 6.45) is 0. The fourth-order valence-corrected chi connectivity index (χ4v) is 11.5. The monoisotopic (exact) mass is 901 g/mol. The molecule has 0 radical (unpaired) electrons. The molecule has 13 aromatic rings. The third kappa shape index (κ3) is 6.62. The lowest BCUT2D eigenvalue weighted by atomic mass is 9.67. The maximum Gasteiger partial charge on any atom is 0.164 e. The molecular formula is C68H43N3. The van der Waals surface area contributed by atoms with Gasteiger partial charge < -0.3 is 0 Å². The van der Waals surface area contributed by atoms with Crippen molar-refractivity contribution in [2.45, 2.75) is 5.41 Å². The number of hydrogen-bond acceptors (Lipinski definition) is 3. The summed E-state index contributed by atoms with van der Waals surface area (Å²) in [6, 6.07) is 94.6. The lowest BCUT2D eigenvalue weighted by molar-refractivity contribution is 0.769. The summed E-state index contributed by atoms with van der Waals surface area (Å²) in [5.41, 5.74) is 16.6. The molecule has 0 bridgehead atoms. The summed E-state index contributed by atoms with van der Waals surface area (Å²) in [6.45, 7) is 0. The minimum Gasteiger partial charge on any atom is -0.208 e. The van der Waals surface area contributed by atoms with Crippen molar-refractivity contribution in [3.05, 3.63) is 283 Å². The van der Waals surface area contributed by atoms with Gasteiger partial charge in [-0.3, -0.25) is 0 Å². The second kappa shape index (κ2) is 16.4. The highest BCUT2D eigenvalue weighted by Gasteiger charge is 2.46. The summed E-state index contributed by atoms with van der Waals surface area (Å²) in [5, 5.41) is 7.75. The van der Waals surface area contributed by atoms with Crippen LogP contribution in [0.1, 0.15) is 22.3 Å². The van der Waals surface area contributed by atoms with E-state index in [4.69, 9.17) is 15.0 Å². The Hall–Kier alpha value is -9.31. The van der Waals surface area contributed by atoms with Crippen LogP contribution in [0.5, 0.6) is 0 Å². The van der Waals surface area contributed by atoms with Crippen molar-refractivity contribution in [1.82, 2.24) is 15.0 Å². The van der Waals surface area contributed by atoms with E-state index in [2.05, 4.69) is 237 Å². The Kier molecular flexibility index (Phi) is 9.43. The first-order chi connectivity index (χ1) is 35.2. The molecule has 12 aromatic carbocycles. The molecule has 3 heteroatoms. The minimum absolute atomic E-state index is 0.607. The van der Waals surface area contributed by atoms with Crippen molar-refractivity contribution in [3.8, 4) is 78.7 Å². The largest absolute Gasteiger partial charge is 0.208 e. The lowest BCUT2D eigenvalue weighted by Crippen LogP contribution is -2.28. The molecule has 0 unspecified atom stereocenters. The van der Waals surface area contributed by atoms with Crippen LogP contribution in [-0.2, 0) is 5.41 Å². The summed E-state index contributed by atoms with van der Waals surface area (Å²) in [5.74, 6) is 1.89. The van der Waals surface area contributed by atoms with Gasteiger partial charge in [-0.1, -0.05) is 243 Å². The fraction of sp³-hybridized carbons (Fsp3) is 0.0147. The second-order valence-electron chi connectivity index (χ2n) is 18.7. The maximum atomic E-state index is 5.18. The number of hydrogen-bond donors (Lipinski definition) is 0. The number of fused-ring (bicyclic) bond motifs is 3. The zero-order valence-electron chi connectivity index (χ0n) is 38.7. The topological polar surface area (TPSA) is 38.7 Å². The summed E-state index contributed by atoms with van der Waals surface area (Å²) in [7, 11) is 0. The molecule has 1 aliphatic rings. The standard InChI is InChI=1S/C68H43N3/c1-5-15-44(16-6-1)45-27-31-50(32-28-45)66-69-65(49-17-7-2-8-18-49)70-67(71-66)54-22-14-21-51(41-54)52-35-38-58-59-39-36-53(57-37-33-48-30-29-46-19-13-20-47-34-40-60(57)64(48)63(46)47)43-62(59)68(61(58)42-52,55-23-9-3-10-24-55)56-25-11-4-12-26-56/h1-43H. The van der Waals surface area contributed by atoms with Crippen molar-refractivity contribution in [1.29, 1.82) is 0 Å². The number of aromatic nitrogens is 3. The molecule has 3 nitrogen and oxygen atoms in total. The summed E-state index contributed by atoms with van der Waals surface area (Å²) in [4.78, 5) is 15.4. The van der Waals surface area contributed by atoms with Gasteiger partial charge in [0.05, 0.1) is 5.41 Å². The Bertz CT molecular complexity index is 4070. The molecule has 330 valence electrons. The summed E-state index contributed by atoms with van der Waals surface area (Å²) < 4.78 is 0. The van der Waals surface area contributed by atoms with Gasteiger partial charge in [0.25, 0.3) is 0 Å². The van der Waals surface area contributed by atoms with Crippen LogP contribution in [0.15, 0.2) is 261 Å². The zero-order valence-corrected chi connectivity index (χ0v) is 38.7. The molecule has 0 atom stereocenters. The minimum atomic E-state index is -0.607. The first kappa shape index (κ1) is 40.7. The van der Waals surface area contributed by atoms with Crippen LogP contribution in [0.4, 0.5) is 0 Å². The van der Waals surface area contributed by atoms with Gasteiger partial charge in [-0.2, -0.15) is 0 Å². The van der Waals surface area contributed by atoms with E-state index in [-0.39, 0.29) is 0 Å². The molecule has 0 spiro atoms. The van der Waals surface area contributed by atoms with Crippen LogP contribution in [-0.4, -0.2) is 15.0 Å². The molecule has 0 fully saturated rings. The molecule has 0 amide bonds. The molecule has 0 aliphatic heterocycles. The molecule has 0 saturated heterocycles. The van der Waals surface area contributed by atoms with Crippen LogP contribution < -0.4 is 0 Å². The van der Waals surface area contributed by atoms with E-state index < -0.39 is 5.41 Å². The predicted octanol–water partition coefficient (Wildman–Crippen LogP) is 17.1. The molecule has 14 rings (SSSR count). The van der Waals surface area contributed by atoms with E-state index in [9.17, 15) is 0 Å². The molecule has 1 aromatic heterocycles. The molecule has 1 aliphatic carbocycles. The van der Waals surface area contributed by atoms with Gasteiger partial charge in [-0.25, -0.2) is 15.0 Å². The van der Waals surface area contributed by atoms with Gasteiger partial charge in [0.15, 0.2) is 17.5 Å². The van der Waals surface area contributed by atoms with E-state index in [1.54, 1.807) is 0 Å². The Morgan fingerprint density at radius 3 is 1.27 bits per heavy atom. The van der Waals surface area contributed by atoms with Crippen LogP contribution in [0.2, 0.25) is 0 Å².